The van der Waals surface area contributed by atoms with Crippen molar-refractivity contribution in [2.75, 3.05) is 11.5 Å². The Morgan fingerprint density at radius 3 is 2.79 bits per heavy atom. The van der Waals surface area contributed by atoms with Gasteiger partial charge in [-0.25, -0.2) is 4.79 Å². The molecule has 14 heavy (non-hydrogen) atoms. The van der Waals surface area contributed by atoms with Crippen LogP contribution in [0, 0.1) is 0 Å². The maximum Gasteiger partial charge on any atom is 0.339 e. The van der Waals surface area contributed by atoms with Gasteiger partial charge in [-0.3, -0.25) is 0 Å². The molecule has 0 fully saturated rings. The first kappa shape index (κ1) is 8.30. The summed E-state index contributed by atoms with van der Waals surface area (Å²) in [6, 6.07) is 0. The third-order valence-electron chi connectivity index (χ3n) is 1.71. The number of nitrogens with two attached hydrogens (primary N) is 2. The van der Waals surface area contributed by atoms with Crippen LogP contribution in [0.3, 0.4) is 0 Å². The van der Waals surface area contributed by atoms with Gasteiger partial charge in [0.25, 0.3) is 0 Å². The quantitative estimate of drug-likeness (QED) is 0.586. The van der Waals surface area contributed by atoms with E-state index in [0.29, 0.717) is 0 Å². The number of carbonyl (C=O) groups is 1. The average Bonchev–Trinajstić information content (AvgIpc) is 2.47. The summed E-state index contributed by atoms with van der Waals surface area (Å²) >= 11 is 0. The molecule has 0 bridgehead atoms. The summed E-state index contributed by atoms with van der Waals surface area (Å²) in [5, 5.41) is 8.94. The van der Waals surface area contributed by atoms with E-state index in [1.54, 1.807) is 0 Å². The topological polar surface area (TPSA) is 128 Å². The predicted octanol–water partition coefficient (Wildman–Crippen LogP) is 0.0854. The van der Waals surface area contributed by atoms with Crippen LogP contribution in [-0.2, 0) is 0 Å². The van der Waals surface area contributed by atoms with Gasteiger partial charge in [-0.2, -0.15) is 9.97 Å². The van der Waals surface area contributed by atoms with Gasteiger partial charge in [0.15, 0.2) is 0 Å². The Labute approximate surface area is 77.3 Å². The van der Waals surface area contributed by atoms with E-state index in [0.717, 1.165) is 6.26 Å². The van der Waals surface area contributed by atoms with E-state index >= 15 is 0 Å². The number of furan rings is 1. The van der Waals surface area contributed by atoms with Crippen LogP contribution in [0.5, 0.6) is 0 Å². The summed E-state index contributed by atoms with van der Waals surface area (Å²) < 4.78 is 4.88. The second-order valence-electron chi connectivity index (χ2n) is 2.60. The molecule has 2 aromatic heterocycles. The number of nitrogen functional groups attached to an aromatic ring is 2. The monoisotopic (exact) mass is 194 g/mol. The molecule has 0 spiro atoms. The minimum atomic E-state index is -1.15. The number of nitrogens with zero attached hydrogens (tertiary/aromatic N) is 2. The van der Waals surface area contributed by atoms with Crippen LogP contribution in [0.4, 0.5) is 11.8 Å². The third kappa shape index (κ3) is 1.03. The van der Waals surface area contributed by atoms with Crippen molar-refractivity contribution in [2.45, 2.75) is 0 Å². The van der Waals surface area contributed by atoms with Crippen LogP contribution < -0.4 is 11.5 Å². The zero-order chi connectivity index (χ0) is 10.3. The Kier molecular flexibility index (Phi) is 1.53. The van der Waals surface area contributed by atoms with Crippen molar-refractivity contribution in [3.05, 3.63) is 11.8 Å². The molecule has 0 unspecified atom stereocenters. The van der Waals surface area contributed by atoms with Gasteiger partial charge in [-0.05, 0) is 0 Å². The van der Waals surface area contributed by atoms with Crippen LogP contribution >= 0.6 is 0 Å². The van der Waals surface area contributed by atoms with Gasteiger partial charge in [0, 0.05) is 0 Å². The first-order valence-corrected chi connectivity index (χ1v) is 3.63. The SMILES string of the molecule is Nc1nc(N)c2c(C(=O)O)coc2n1. The molecule has 7 heteroatoms. The summed E-state index contributed by atoms with van der Waals surface area (Å²) in [6.45, 7) is 0. The zero-order valence-corrected chi connectivity index (χ0v) is 6.89. The van der Waals surface area contributed by atoms with Crippen molar-refractivity contribution in [3.63, 3.8) is 0 Å². The van der Waals surface area contributed by atoms with E-state index in [-0.39, 0.29) is 28.4 Å². The van der Waals surface area contributed by atoms with Gasteiger partial charge < -0.3 is 21.0 Å². The van der Waals surface area contributed by atoms with E-state index < -0.39 is 5.97 Å². The number of hydrogen-bond acceptors (Lipinski definition) is 6. The normalized spacial score (nSPS) is 10.6. The van der Waals surface area contributed by atoms with Crippen molar-refractivity contribution < 1.29 is 14.3 Å². The van der Waals surface area contributed by atoms with Gasteiger partial charge >= 0.3 is 5.97 Å². The molecule has 72 valence electrons. The molecule has 0 atom stereocenters. The Bertz CT molecular complexity index is 519. The third-order valence-corrected chi connectivity index (χ3v) is 1.71. The molecule has 7 nitrogen and oxygen atoms in total. The van der Waals surface area contributed by atoms with Gasteiger partial charge in [0.2, 0.25) is 11.7 Å². The lowest BCUT2D eigenvalue weighted by Crippen LogP contribution is -2.02. The molecule has 2 rings (SSSR count). The first-order chi connectivity index (χ1) is 6.59. The molecule has 0 amide bonds. The van der Waals surface area contributed by atoms with Crippen LogP contribution in [0.25, 0.3) is 11.1 Å². The number of aromatic carboxylic acids is 1. The number of aromatic nitrogens is 2. The maximum absolute atomic E-state index is 10.7. The van der Waals surface area contributed by atoms with Crippen LogP contribution in [0.1, 0.15) is 10.4 Å². The molecule has 5 N–H and O–H groups in total. The second-order valence-corrected chi connectivity index (χ2v) is 2.60. The highest BCUT2D eigenvalue weighted by molar-refractivity contribution is 6.05. The molecular formula is C7H6N4O3. The summed E-state index contributed by atoms with van der Waals surface area (Å²) in [5.74, 6) is -1.20. The number of carboxylic acid groups (broad SMARTS) is 1. The van der Waals surface area contributed by atoms with Gasteiger partial charge in [-0.15, -0.1) is 0 Å². The molecule has 2 heterocycles. The summed E-state index contributed by atoms with van der Waals surface area (Å²) in [4.78, 5) is 18.0. The lowest BCUT2D eigenvalue weighted by atomic mass is 10.2. The Morgan fingerprint density at radius 1 is 1.43 bits per heavy atom. The maximum atomic E-state index is 10.7. The van der Waals surface area contributed by atoms with Crippen LogP contribution in [-0.4, -0.2) is 21.0 Å². The molecule has 0 saturated heterocycles. The highest BCUT2D eigenvalue weighted by atomic mass is 16.4. The van der Waals surface area contributed by atoms with Gasteiger partial charge in [0.05, 0.1) is 5.39 Å². The molecule has 0 aliphatic rings. The Hall–Kier alpha value is -2.31. The summed E-state index contributed by atoms with van der Waals surface area (Å²) in [7, 11) is 0. The van der Waals surface area contributed by atoms with E-state index in [1.165, 1.54) is 0 Å². The van der Waals surface area contributed by atoms with Crippen molar-refractivity contribution in [1.82, 2.24) is 9.97 Å². The number of carboxylic acids is 1. The highest BCUT2D eigenvalue weighted by Gasteiger charge is 2.17. The lowest BCUT2D eigenvalue weighted by molar-refractivity contribution is 0.0698. The molecule has 2 aromatic rings. The molecule has 0 aliphatic carbocycles. The Balaban J connectivity index is 2.85. The van der Waals surface area contributed by atoms with Gasteiger partial charge in [0.1, 0.15) is 17.6 Å². The van der Waals surface area contributed by atoms with Gasteiger partial charge in [-0.1, -0.05) is 0 Å². The molecular weight excluding hydrogens is 188 g/mol. The van der Waals surface area contributed by atoms with Crippen molar-refractivity contribution >= 4 is 28.8 Å². The lowest BCUT2D eigenvalue weighted by Gasteiger charge is -1.96. The summed E-state index contributed by atoms with van der Waals surface area (Å²) in [5.41, 5.74) is 10.8. The average molecular weight is 194 g/mol. The minimum Gasteiger partial charge on any atom is -0.478 e. The van der Waals surface area contributed by atoms with Crippen LogP contribution in [0.15, 0.2) is 10.7 Å². The molecule has 0 saturated carbocycles. The number of anilines is 2. The number of rotatable bonds is 1. The second kappa shape index (κ2) is 2.59. The highest BCUT2D eigenvalue weighted by Crippen LogP contribution is 2.24. The number of hydrogen-bond donors (Lipinski definition) is 3. The van der Waals surface area contributed by atoms with Crippen molar-refractivity contribution in [3.8, 4) is 0 Å². The smallest absolute Gasteiger partial charge is 0.339 e. The van der Waals surface area contributed by atoms with E-state index in [4.69, 9.17) is 21.0 Å². The summed E-state index contributed by atoms with van der Waals surface area (Å²) in [6.07, 6.45) is 1.05. The van der Waals surface area contributed by atoms with Crippen LogP contribution in [0.2, 0.25) is 0 Å². The van der Waals surface area contributed by atoms with E-state index in [2.05, 4.69) is 9.97 Å². The fraction of sp³-hybridized carbons (Fsp3) is 0. The van der Waals surface area contributed by atoms with Crippen molar-refractivity contribution in [1.29, 1.82) is 0 Å². The molecule has 0 radical (unpaired) electrons. The largest absolute Gasteiger partial charge is 0.478 e. The van der Waals surface area contributed by atoms with E-state index in [1.807, 2.05) is 0 Å². The minimum absolute atomic E-state index is 0.00125. The first-order valence-electron chi connectivity index (χ1n) is 3.63. The zero-order valence-electron chi connectivity index (χ0n) is 6.89. The Morgan fingerprint density at radius 2 is 2.14 bits per heavy atom. The standard InChI is InChI=1S/C7H6N4O3/c8-4-3-2(6(12)13)1-14-5(3)11-7(9)10-4/h1H,(H,12,13)(H4,8,9,10,11). The van der Waals surface area contributed by atoms with Crippen molar-refractivity contribution in [2.24, 2.45) is 0 Å². The fourth-order valence-corrected chi connectivity index (χ4v) is 1.14. The molecule has 0 aromatic carbocycles. The predicted molar refractivity (Wildman–Crippen MR) is 47.6 cm³/mol. The number of fused-ring (bicyclic) bond motifs is 1. The fourth-order valence-electron chi connectivity index (χ4n) is 1.14. The van der Waals surface area contributed by atoms with E-state index in [9.17, 15) is 4.79 Å². The molecule has 0 aliphatic heterocycles.